The monoisotopic (exact) mass is 974 g/mol. The van der Waals surface area contributed by atoms with E-state index in [1.54, 1.807) is 6.67 Å². The Balaban J connectivity index is 0.00000433. The van der Waals surface area contributed by atoms with Gasteiger partial charge in [0.1, 0.15) is 17.0 Å². The van der Waals surface area contributed by atoms with Crippen LogP contribution in [-0.4, -0.2) is 23.2 Å². The van der Waals surface area contributed by atoms with Crippen molar-refractivity contribution in [1.82, 2.24) is 9.55 Å². The summed E-state index contributed by atoms with van der Waals surface area (Å²) in [6, 6.07) is 50.1. The number of aromatic nitrogens is 2. The predicted octanol–water partition coefficient (Wildman–Crippen LogP) is 10.7. The predicted molar refractivity (Wildman–Crippen MR) is 242 cm³/mol. The van der Waals surface area contributed by atoms with Gasteiger partial charge in [-0.3, -0.25) is 0 Å². The third kappa shape index (κ3) is 5.07. The van der Waals surface area contributed by atoms with Crippen molar-refractivity contribution < 1.29 is 38.7 Å². The van der Waals surface area contributed by atoms with Gasteiger partial charge in [-0.1, -0.05) is 110 Å². The molecule has 0 aliphatic carbocycles. The van der Waals surface area contributed by atoms with Gasteiger partial charge in [-0.05, 0) is 71.3 Å². The van der Waals surface area contributed by atoms with Crippen molar-refractivity contribution in [3.05, 3.63) is 158 Å². The van der Waals surface area contributed by atoms with E-state index in [4.69, 9.17) is 22.7 Å². The number of furan rings is 2. The Bertz CT molecular complexity index is 3570. The number of para-hydroxylation sites is 5. The minimum absolute atomic E-state index is 0. The number of nitrogens with zero attached hydrogens (tertiary/aromatic N) is 5. The second kappa shape index (κ2) is 12.9. The molecule has 298 valence electrons. The Morgan fingerprint density at radius 2 is 1.43 bits per heavy atom. The maximum absolute atomic E-state index is 8.44. The fourth-order valence-electron chi connectivity index (χ4n) is 9.53. The van der Waals surface area contributed by atoms with E-state index in [1.807, 2.05) is 77.8 Å². The van der Waals surface area contributed by atoms with E-state index in [0.29, 0.717) is 51.6 Å². The maximum atomic E-state index is 8.44. The van der Waals surface area contributed by atoms with Gasteiger partial charge in [0.05, 0.1) is 0 Å². The Morgan fingerprint density at radius 1 is 0.705 bits per heavy atom. The van der Waals surface area contributed by atoms with Crippen LogP contribution < -0.4 is 35.8 Å². The number of hydrogen-bond donors (Lipinski definition) is 0. The number of anilines is 6. The first-order valence-electron chi connectivity index (χ1n) is 21.6. The summed E-state index contributed by atoms with van der Waals surface area (Å²) in [6.07, 6.45) is 1.88. The Morgan fingerprint density at radius 3 is 2.23 bits per heavy atom. The van der Waals surface area contributed by atoms with Crippen LogP contribution in [0, 0.1) is 18.8 Å². The van der Waals surface area contributed by atoms with Crippen molar-refractivity contribution in [3.63, 3.8) is 0 Å². The average molecular weight is 975 g/mol. The van der Waals surface area contributed by atoms with Crippen LogP contribution in [0.1, 0.15) is 30.4 Å². The van der Waals surface area contributed by atoms with Crippen LogP contribution in [0.2, 0.25) is 0 Å². The molecule has 0 atom stereocenters. The first-order chi connectivity index (χ1) is 30.5. The molecule has 61 heavy (non-hydrogen) atoms. The Labute approximate surface area is 371 Å². The van der Waals surface area contributed by atoms with E-state index < -0.39 is 6.98 Å². The summed E-state index contributed by atoms with van der Waals surface area (Å²) < 4.78 is 47.9. The summed E-state index contributed by atoms with van der Waals surface area (Å²) in [5, 5.41) is 4.03. The van der Waals surface area contributed by atoms with E-state index in [2.05, 4.69) is 103 Å². The second-order valence-electron chi connectivity index (χ2n) is 16.7. The molecule has 0 saturated carbocycles. The zero-order valence-corrected chi connectivity index (χ0v) is 35.4. The van der Waals surface area contributed by atoms with E-state index in [-0.39, 0.29) is 33.2 Å². The van der Waals surface area contributed by atoms with Gasteiger partial charge >= 0.3 is 0 Å². The minimum Gasteiger partial charge on any atom is -0.504 e. The molecule has 0 spiro atoms. The molecule has 7 heterocycles. The topological polar surface area (TPSA) is 63.1 Å². The molecule has 0 bridgehead atoms. The maximum Gasteiger partial charge on any atom is 0.282 e. The van der Waals surface area contributed by atoms with Crippen LogP contribution in [0.25, 0.3) is 49.6 Å². The average Bonchev–Trinajstić information content (AvgIpc) is 4.05. The molecule has 0 unspecified atom stereocenters. The molecule has 3 aliphatic heterocycles. The van der Waals surface area contributed by atoms with Gasteiger partial charge in [-0.25, -0.2) is 4.98 Å². The standard InChI is InChI=1S/C51H35BN5O3.Pt/c1-51(2,3)30-23-24-53-45(25-30)57-37-16-8-5-13-33(37)34-22-21-31(26-40(34)57)56-41-27-32(55-29-54(4)38-17-9-10-18-39(38)55)28-44-48(41)52(46-35-14-6-11-19-42(35)58-49(46)56)47-36-15-7-12-20-43(36)59-50(47)60-44;/h5-25,28-29H,1-4H3;/q-3;/i4D3;. The van der Waals surface area contributed by atoms with Crippen LogP contribution in [0.15, 0.2) is 142 Å². The summed E-state index contributed by atoms with van der Waals surface area (Å²) >= 11 is 0. The number of benzene rings is 6. The summed E-state index contributed by atoms with van der Waals surface area (Å²) in [5.41, 5.74) is 10.4. The van der Waals surface area contributed by atoms with E-state index in [1.165, 1.54) is 10.5 Å². The number of fused-ring (bicyclic) bond motifs is 12. The summed E-state index contributed by atoms with van der Waals surface area (Å²) in [6.45, 7) is 5.44. The van der Waals surface area contributed by atoms with Gasteiger partial charge < -0.3 is 32.8 Å². The Kier molecular flexibility index (Phi) is 7.00. The molecule has 6 aromatic carbocycles. The molecule has 0 radical (unpaired) electrons. The fourth-order valence-corrected chi connectivity index (χ4v) is 9.53. The number of ether oxygens (including phenoxy) is 1. The normalized spacial score (nSPS) is 15.0. The van der Waals surface area contributed by atoms with Crippen molar-refractivity contribution in [3.8, 4) is 17.5 Å². The smallest absolute Gasteiger partial charge is 0.282 e. The zero-order chi connectivity index (χ0) is 42.5. The molecule has 0 amide bonds. The third-order valence-corrected chi connectivity index (χ3v) is 12.3. The molecular weight excluding hydrogens is 936 g/mol. The van der Waals surface area contributed by atoms with Crippen LogP contribution >= 0.6 is 0 Å². The van der Waals surface area contributed by atoms with E-state index >= 15 is 0 Å². The van der Waals surface area contributed by atoms with Crippen molar-refractivity contribution in [1.29, 1.82) is 0 Å². The summed E-state index contributed by atoms with van der Waals surface area (Å²) in [4.78, 5) is 10.2. The quantitative estimate of drug-likeness (QED) is 0.129. The molecule has 0 N–H and O–H groups in total. The molecule has 0 fully saturated rings. The first kappa shape index (κ1) is 33.1. The van der Waals surface area contributed by atoms with Crippen molar-refractivity contribution in [2.45, 2.75) is 26.2 Å². The molecule has 10 aromatic rings. The Hall–Kier alpha value is -6.70. The van der Waals surface area contributed by atoms with E-state index in [9.17, 15) is 0 Å². The van der Waals surface area contributed by atoms with Crippen LogP contribution in [0.3, 0.4) is 0 Å². The number of rotatable bonds is 3. The molecule has 3 aliphatic rings. The van der Waals surface area contributed by atoms with Gasteiger partial charge in [-0.2, -0.15) is 12.7 Å². The number of hydrogen-bond acceptors (Lipinski definition) is 7. The molecule has 13 rings (SSSR count). The van der Waals surface area contributed by atoms with E-state index in [0.717, 1.165) is 60.4 Å². The first-order valence-corrected chi connectivity index (χ1v) is 20.1. The second-order valence-corrected chi connectivity index (χ2v) is 16.7. The van der Waals surface area contributed by atoms with Gasteiger partial charge in [0.2, 0.25) is 0 Å². The number of pyridine rings is 1. The van der Waals surface area contributed by atoms with Crippen LogP contribution in [0.5, 0.6) is 11.7 Å². The van der Waals surface area contributed by atoms with Gasteiger partial charge in [0, 0.05) is 70.3 Å². The third-order valence-electron chi connectivity index (χ3n) is 12.3. The van der Waals surface area contributed by atoms with Gasteiger partial charge in [0.25, 0.3) is 5.95 Å². The van der Waals surface area contributed by atoms with Crippen LogP contribution in [-0.2, 0) is 26.5 Å². The molecule has 8 nitrogen and oxygen atoms in total. The minimum atomic E-state index is -2.43. The molecular formula is C51H35BN5O3Pt-3. The largest absolute Gasteiger partial charge is 0.504 e. The fraction of sp³-hybridized carbons (Fsp3) is 0.0980. The van der Waals surface area contributed by atoms with Crippen molar-refractivity contribution in [2.75, 3.05) is 21.7 Å². The molecule has 10 heteroatoms. The zero-order valence-electron chi connectivity index (χ0n) is 36.1. The van der Waals surface area contributed by atoms with Gasteiger partial charge in [0.15, 0.2) is 12.6 Å². The van der Waals surface area contributed by atoms with Crippen LogP contribution in [0.4, 0.5) is 34.3 Å². The van der Waals surface area contributed by atoms with Crippen molar-refractivity contribution in [2.24, 2.45) is 0 Å². The SMILES string of the molecule is [2H]C([2H])([2H])N1[CH-]N(c2[c-]c3c4c(c2)Oc2oc5ccccc5c2B4c2c(oc4ccccc24)N3c2[c-]c3c(cc2)c2ccccc2n3-c2cc(C(C)(C)C)ccn2)c2ccccc21.[Pt]. The summed E-state index contributed by atoms with van der Waals surface area (Å²) in [5.74, 6) is 2.38. The van der Waals surface area contributed by atoms with Crippen molar-refractivity contribution >= 4 is 101 Å². The summed E-state index contributed by atoms with van der Waals surface area (Å²) in [7, 11) is 0. The van der Waals surface area contributed by atoms with Gasteiger partial charge in [-0.15, -0.1) is 35.1 Å². The molecule has 0 saturated heterocycles. The molecule has 4 aromatic heterocycles.